The van der Waals surface area contributed by atoms with E-state index in [1.807, 2.05) is 33.8 Å². The normalized spacial score (nSPS) is 14.5. The summed E-state index contributed by atoms with van der Waals surface area (Å²) in [7, 11) is -4.20. The first kappa shape index (κ1) is 16.2. The summed E-state index contributed by atoms with van der Waals surface area (Å²) in [5, 5.41) is 0. The zero-order chi connectivity index (χ0) is 15.0. The third kappa shape index (κ3) is 3.18. The fourth-order valence-electron chi connectivity index (χ4n) is 2.28. The molecule has 0 aliphatic heterocycles. The van der Waals surface area contributed by atoms with Crippen molar-refractivity contribution in [3.63, 3.8) is 0 Å². The molecule has 1 atom stereocenters. The van der Waals surface area contributed by atoms with Crippen LogP contribution < -0.4 is 0 Å². The molecule has 0 aliphatic rings. The fraction of sp³-hybridized carbons (Fsp3) is 0.600. The number of hydrogen-bond acceptors (Lipinski definition) is 2. The van der Waals surface area contributed by atoms with Crippen LogP contribution in [0, 0.1) is 19.8 Å². The summed E-state index contributed by atoms with van der Waals surface area (Å²) in [6.45, 7) is 12.0. The maximum Gasteiger partial charge on any atom is 0.294 e. The molecule has 1 N–H and O–H groups in total. The molecular formula is C15H24O3S. The van der Waals surface area contributed by atoms with Crippen LogP contribution in [-0.4, -0.2) is 13.0 Å². The first-order valence-electron chi connectivity index (χ1n) is 6.61. The Balaban J connectivity index is 3.63. The lowest BCUT2D eigenvalue weighted by Crippen LogP contribution is -2.28. The zero-order valence-electron chi connectivity index (χ0n) is 12.6. The van der Waals surface area contributed by atoms with Crippen LogP contribution in [0.15, 0.2) is 17.0 Å². The van der Waals surface area contributed by atoms with Gasteiger partial charge in [-0.05, 0) is 47.9 Å². The summed E-state index contributed by atoms with van der Waals surface area (Å²) in [5.74, 6) is 0.315. The monoisotopic (exact) mass is 284 g/mol. The molecule has 108 valence electrons. The van der Waals surface area contributed by atoms with Gasteiger partial charge in [0.25, 0.3) is 10.1 Å². The molecule has 0 bridgehead atoms. The Morgan fingerprint density at radius 1 is 1.21 bits per heavy atom. The molecule has 0 aliphatic carbocycles. The molecule has 0 heterocycles. The molecular weight excluding hydrogens is 260 g/mol. The summed E-state index contributed by atoms with van der Waals surface area (Å²) in [6, 6.07) is 3.47. The van der Waals surface area contributed by atoms with Gasteiger partial charge >= 0.3 is 0 Å². The molecule has 1 rings (SSSR count). The molecule has 0 spiro atoms. The molecule has 0 saturated heterocycles. The fourth-order valence-corrected chi connectivity index (χ4v) is 3.21. The molecule has 19 heavy (non-hydrogen) atoms. The van der Waals surface area contributed by atoms with Gasteiger partial charge in [-0.25, -0.2) is 0 Å². The second kappa shape index (κ2) is 5.25. The summed E-state index contributed by atoms with van der Waals surface area (Å²) < 4.78 is 32.7. The van der Waals surface area contributed by atoms with Crippen LogP contribution in [0.25, 0.3) is 0 Å². The Bertz CT molecular complexity index is 571. The third-order valence-electron chi connectivity index (χ3n) is 4.41. The molecule has 0 amide bonds. The molecule has 0 radical (unpaired) electrons. The lowest BCUT2D eigenvalue weighted by molar-refractivity contribution is 0.328. The Kier molecular flexibility index (Phi) is 4.47. The van der Waals surface area contributed by atoms with E-state index in [4.69, 9.17) is 0 Å². The highest BCUT2D eigenvalue weighted by Crippen LogP contribution is 2.38. The predicted molar refractivity (Wildman–Crippen MR) is 78.2 cm³/mol. The van der Waals surface area contributed by atoms with E-state index in [1.54, 1.807) is 6.07 Å². The van der Waals surface area contributed by atoms with Crippen molar-refractivity contribution in [3.8, 4) is 0 Å². The van der Waals surface area contributed by atoms with Crippen LogP contribution in [0.1, 0.15) is 50.8 Å². The Labute approximate surface area is 116 Å². The highest BCUT2D eigenvalue weighted by atomic mass is 32.2. The summed E-state index contributed by atoms with van der Waals surface area (Å²) >= 11 is 0. The van der Waals surface area contributed by atoms with Crippen molar-refractivity contribution in [2.75, 3.05) is 0 Å². The second-order valence-electron chi connectivity index (χ2n) is 5.94. The van der Waals surface area contributed by atoms with Crippen LogP contribution in [0.2, 0.25) is 0 Å². The molecule has 1 unspecified atom stereocenters. The summed E-state index contributed by atoms with van der Waals surface area (Å²) in [4.78, 5) is 0.0425. The maximum absolute atomic E-state index is 11.6. The minimum Gasteiger partial charge on any atom is -0.282 e. The van der Waals surface area contributed by atoms with Gasteiger partial charge in [-0.3, -0.25) is 4.55 Å². The Hall–Kier alpha value is -0.870. The Morgan fingerprint density at radius 3 is 2.11 bits per heavy atom. The quantitative estimate of drug-likeness (QED) is 0.854. The van der Waals surface area contributed by atoms with Gasteiger partial charge in [-0.15, -0.1) is 0 Å². The number of hydrogen-bond donors (Lipinski definition) is 1. The SMILES string of the molecule is CCC(C)C(C)(C)c1cc(C)c(C)cc1S(=O)(=O)O. The number of rotatable bonds is 4. The third-order valence-corrected chi connectivity index (χ3v) is 5.31. The minimum absolute atomic E-state index is 0.0425. The van der Waals surface area contributed by atoms with Crippen LogP contribution in [0.5, 0.6) is 0 Å². The van der Waals surface area contributed by atoms with E-state index in [0.717, 1.165) is 17.5 Å². The van der Waals surface area contributed by atoms with Crippen molar-refractivity contribution in [1.82, 2.24) is 0 Å². The number of aryl methyl sites for hydroxylation is 2. The first-order chi connectivity index (χ1) is 8.51. The van der Waals surface area contributed by atoms with Gasteiger partial charge < -0.3 is 0 Å². The molecule has 1 aromatic carbocycles. The van der Waals surface area contributed by atoms with Crippen molar-refractivity contribution in [3.05, 3.63) is 28.8 Å². The van der Waals surface area contributed by atoms with E-state index < -0.39 is 10.1 Å². The van der Waals surface area contributed by atoms with Crippen LogP contribution >= 0.6 is 0 Å². The largest absolute Gasteiger partial charge is 0.294 e. The van der Waals surface area contributed by atoms with E-state index >= 15 is 0 Å². The number of benzene rings is 1. The van der Waals surface area contributed by atoms with Gasteiger partial charge in [0, 0.05) is 0 Å². The smallest absolute Gasteiger partial charge is 0.282 e. The highest BCUT2D eigenvalue weighted by molar-refractivity contribution is 7.85. The van der Waals surface area contributed by atoms with E-state index in [0.29, 0.717) is 11.5 Å². The molecule has 4 heteroatoms. The van der Waals surface area contributed by atoms with Crippen LogP contribution in [0.3, 0.4) is 0 Å². The van der Waals surface area contributed by atoms with Crippen LogP contribution in [-0.2, 0) is 15.5 Å². The molecule has 0 fully saturated rings. The maximum atomic E-state index is 11.6. The average molecular weight is 284 g/mol. The van der Waals surface area contributed by atoms with Gasteiger partial charge in [0.05, 0.1) is 4.90 Å². The first-order valence-corrected chi connectivity index (χ1v) is 8.05. The van der Waals surface area contributed by atoms with E-state index in [2.05, 4.69) is 13.8 Å². The second-order valence-corrected chi connectivity index (χ2v) is 7.33. The van der Waals surface area contributed by atoms with Crippen molar-refractivity contribution in [2.24, 2.45) is 5.92 Å². The topological polar surface area (TPSA) is 54.4 Å². The van der Waals surface area contributed by atoms with Gasteiger partial charge in [0.1, 0.15) is 0 Å². The Morgan fingerprint density at radius 2 is 1.68 bits per heavy atom. The van der Waals surface area contributed by atoms with Gasteiger partial charge in [0.2, 0.25) is 0 Å². The molecule has 1 aromatic rings. The van der Waals surface area contributed by atoms with E-state index in [-0.39, 0.29) is 10.3 Å². The van der Waals surface area contributed by atoms with E-state index in [1.165, 1.54) is 0 Å². The lowest BCUT2D eigenvalue weighted by Gasteiger charge is -2.33. The lowest BCUT2D eigenvalue weighted by atomic mass is 9.72. The van der Waals surface area contributed by atoms with Crippen molar-refractivity contribution in [1.29, 1.82) is 0 Å². The standard InChI is InChI=1S/C15H24O3S/c1-7-12(4)15(5,6)13-8-10(2)11(3)9-14(13)19(16,17)18/h8-9,12H,7H2,1-6H3,(H,16,17,18). The van der Waals surface area contributed by atoms with Crippen molar-refractivity contribution in [2.45, 2.75) is 58.3 Å². The van der Waals surface area contributed by atoms with E-state index in [9.17, 15) is 13.0 Å². The molecule has 0 saturated carbocycles. The summed E-state index contributed by atoms with van der Waals surface area (Å²) in [6.07, 6.45) is 0.949. The zero-order valence-corrected chi connectivity index (χ0v) is 13.4. The average Bonchev–Trinajstić information content (AvgIpc) is 2.29. The van der Waals surface area contributed by atoms with Crippen molar-refractivity contribution < 1.29 is 13.0 Å². The van der Waals surface area contributed by atoms with Gasteiger partial charge in [-0.1, -0.05) is 40.2 Å². The minimum atomic E-state index is -4.20. The molecule has 0 aromatic heterocycles. The van der Waals surface area contributed by atoms with Crippen molar-refractivity contribution >= 4 is 10.1 Å². The predicted octanol–water partition coefficient (Wildman–Crippen LogP) is 3.87. The van der Waals surface area contributed by atoms with Gasteiger partial charge in [0.15, 0.2) is 0 Å². The highest BCUT2D eigenvalue weighted by Gasteiger charge is 2.32. The van der Waals surface area contributed by atoms with Gasteiger partial charge in [-0.2, -0.15) is 8.42 Å². The summed E-state index contributed by atoms with van der Waals surface area (Å²) in [5.41, 5.74) is 2.31. The molecule has 3 nitrogen and oxygen atoms in total. The van der Waals surface area contributed by atoms with Crippen LogP contribution in [0.4, 0.5) is 0 Å².